The molecule has 0 unspecified atom stereocenters. The average Bonchev–Trinajstić information content (AvgIpc) is 2.70. The third kappa shape index (κ3) is 4.81. The number of aryl methyl sites for hydroxylation is 2. The van der Waals surface area contributed by atoms with Gasteiger partial charge in [-0.05, 0) is 76.0 Å². The molecule has 2 heterocycles. The van der Waals surface area contributed by atoms with Gasteiger partial charge in [0.2, 0.25) is 0 Å². The van der Waals surface area contributed by atoms with Crippen molar-refractivity contribution in [3.63, 3.8) is 0 Å². The van der Waals surface area contributed by atoms with E-state index in [9.17, 15) is 4.39 Å². The molecule has 0 saturated carbocycles. The number of likely N-dealkylation sites (N-methyl/N-ethyl adjacent to an activating group) is 1. The molecule has 1 aliphatic heterocycles. The van der Waals surface area contributed by atoms with Crippen LogP contribution >= 0.6 is 0 Å². The number of aromatic nitrogens is 1. The Labute approximate surface area is 169 Å². The number of hydrogen-bond donors (Lipinski definition) is 1. The van der Waals surface area contributed by atoms with E-state index in [-0.39, 0.29) is 5.82 Å². The summed E-state index contributed by atoms with van der Waals surface area (Å²) in [5, 5.41) is 4.56. The molecule has 1 saturated heterocycles. The quantitative estimate of drug-likeness (QED) is 0.691. The molecule has 0 atom stereocenters. The molecule has 0 spiro atoms. The first kappa shape index (κ1) is 21.0. The Balaban J connectivity index is 1.59. The summed E-state index contributed by atoms with van der Waals surface area (Å²) in [6, 6.07) is 5.46. The first-order valence-electron chi connectivity index (χ1n) is 10.8. The van der Waals surface area contributed by atoms with Gasteiger partial charge in [-0.3, -0.25) is 4.98 Å². The molecule has 5 heteroatoms. The van der Waals surface area contributed by atoms with Crippen LogP contribution in [0.3, 0.4) is 0 Å². The number of anilines is 1. The fraction of sp³-hybridized carbons (Fsp3) is 0.609. The van der Waals surface area contributed by atoms with Crippen LogP contribution in [0.15, 0.2) is 18.2 Å². The molecule has 1 N–H and O–H groups in total. The van der Waals surface area contributed by atoms with Crippen LogP contribution in [0.2, 0.25) is 0 Å². The molecule has 3 rings (SSSR count). The first-order chi connectivity index (χ1) is 13.5. The van der Waals surface area contributed by atoms with Gasteiger partial charge >= 0.3 is 0 Å². The van der Waals surface area contributed by atoms with Crippen LogP contribution < -0.4 is 10.2 Å². The molecule has 0 radical (unpaired) electrons. The Kier molecular flexibility index (Phi) is 7.24. The molecule has 2 aromatic rings. The Morgan fingerprint density at radius 3 is 2.57 bits per heavy atom. The summed E-state index contributed by atoms with van der Waals surface area (Å²) in [7, 11) is 0. The second-order valence-electron chi connectivity index (χ2n) is 8.01. The summed E-state index contributed by atoms with van der Waals surface area (Å²) < 4.78 is 14.7. The van der Waals surface area contributed by atoms with E-state index in [1.54, 1.807) is 12.1 Å². The predicted octanol–water partition coefficient (Wildman–Crippen LogP) is 4.14. The minimum absolute atomic E-state index is 0.131. The van der Waals surface area contributed by atoms with Crippen LogP contribution in [-0.4, -0.2) is 55.7 Å². The van der Waals surface area contributed by atoms with E-state index >= 15 is 0 Å². The minimum atomic E-state index is -0.131. The highest BCUT2D eigenvalue weighted by atomic mass is 19.1. The Bertz CT molecular complexity index is 780. The van der Waals surface area contributed by atoms with Crippen molar-refractivity contribution in [3.8, 4) is 0 Å². The van der Waals surface area contributed by atoms with E-state index < -0.39 is 0 Å². The van der Waals surface area contributed by atoms with Gasteiger partial charge in [-0.25, -0.2) is 4.39 Å². The maximum Gasteiger partial charge on any atom is 0.147 e. The van der Waals surface area contributed by atoms with Gasteiger partial charge in [0.05, 0.1) is 11.2 Å². The monoisotopic (exact) mass is 386 g/mol. The Hall–Kier alpha value is -1.72. The molecular formula is C23H35FN4. The van der Waals surface area contributed by atoms with Gasteiger partial charge in [0, 0.05) is 37.3 Å². The highest BCUT2D eigenvalue weighted by molar-refractivity contribution is 5.93. The smallest absolute Gasteiger partial charge is 0.147 e. The fourth-order valence-electron chi connectivity index (χ4n) is 4.17. The van der Waals surface area contributed by atoms with E-state index in [1.165, 1.54) is 0 Å². The van der Waals surface area contributed by atoms with Crippen LogP contribution in [0.5, 0.6) is 0 Å². The standard InChI is InChI=1S/C23H35FN4/c1-5-27(6-2)14-11-25-16-19-9-12-28(13-10-19)23-20-15-17(3)18(4)26-22(20)8-7-21(23)24/h7-8,15,19,25H,5-6,9-14,16H2,1-4H3. The number of nitrogens with one attached hydrogen (secondary N) is 1. The maximum atomic E-state index is 14.7. The van der Waals surface area contributed by atoms with Crippen LogP contribution in [0.4, 0.5) is 10.1 Å². The summed E-state index contributed by atoms with van der Waals surface area (Å²) >= 11 is 0. The molecule has 0 bridgehead atoms. The van der Waals surface area contributed by atoms with Crippen molar-refractivity contribution in [2.45, 2.75) is 40.5 Å². The van der Waals surface area contributed by atoms with Crippen molar-refractivity contribution in [2.24, 2.45) is 5.92 Å². The topological polar surface area (TPSA) is 31.4 Å². The van der Waals surface area contributed by atoms with Gasteiger partial charge in [0.25, 0.3) is 0 Å². The van der Waals surface area contributed by atoms with Crippen LogP contribution in [0.25, 0.3) is 10.9 Å². The molecule has 0 amide bonds. The lowest BCUT2D eigenvalue weighted by Gasteiger charge is -2.34. The number of rotatable bonds is 8. The predicted molar refractivity (Wildman–Crippen MR) is 117 cm³/mol. The maximum absolute atomic E-state index is 14.7. The Morgan fingerprint density at radius 1 is 1.18 bits per heavy atom. The average molecular weight is 387 g/mol. The molecule has 4 nitrogen and oxygen atoms in total. The van der Waals surface area contributed by atoms with Gasteiger partial charge in [-0.15, -0.1) is 0 Å². The van der Waals surface area contributed by atoms with Crippen molar-refractivity contribution < 1.29 is 4.39 Å². The number of benzene rings is 1. The van der Waals surface area contributed by atoms with E-state index in [0.29, 0.717) is 5.92 Å². The SMILES string of the molecule is CCN(CC)CCNCC1CCN(c2c(F)ccc3nc(C)c(C)cc23)CC1. The van der Waals surface area contributed by atoms with Crippen molar-refractivity contribution in [1.82, 2.24) is 15.2 Å². The van der Waals surface area contributed by atoms with E-state index in [4.69, 9.17) is 0 Å². The van der Waals surface area contributed by atoms with Crippen molar-refractivity contribution >= 4 is 16.6 Å². The summed E-state index contributed by atoms with van der Waals surface area (Å²) in [5.74, 6) is 0.543. The van der Waals surface area contributed by atoms with Gasteiger partial charge in [0.1, 0.15) is 5.82 Å². The lowest BCUT2D eigenvalue weighted by Crippen LogP contribution is -2.39. The molecule has 1 aromatic heterocycles. The first-order valence-corrected chi connectivity index (χ1v) is 10.8. The number of pyridine rings is 1. The second-order valence-corrected chi connectivity index (χ2v) is 8.01. The number of piperidine rings is 1. The number of nitrogens with zero attached hydrogens (tertiary/aromatic N) is 3. The van der Waals surface area contributed by atoms with Crippen molar-refractivity contribution in [1.29, 1.82) is 0 Å². The zero-order valence-electron chi connectivity index (χ0n) is 17.9. The van der Waals surface area contributed by atoms with Crippen molar-refractivity contribution in [2.75, 3.05) is 50.7 Å². The van der Waals surface area contributed by atoms with Gasteiger partial charge < -0.3 is 15.1 Å². The molecule has 0 aliphatic carbocycles. The Morgan fingerprint density at radius 2 is 1.89 bits per heavy atom. The van der Waals surface area contributed by atoms with E-state index in [0.717, 1.165) is 86.5 Å². The zero-order valence-corrected chi connectivity index (χ0v) is 17.9. The lowest BCUT2D eigenvalue weighted by molar-refractivity contribution is 0.294. The largest absolute Gasteiger partial charge is 0.369 e. The van der Waals surface area contributed by atoms with Crippen LogP contribution in [0, 0.1) is 25.6 Å². The van der Waals surface area contributed by atoms with Crippen molar-refractivity contribution in [3.05, 3.63) is 35.3 Å². The van der Waals surface area contributed by atoms with Crippen LogP contribution in [0.1, 0.15) is 37.9 Å². The molecular weight excluding hydrogens is 351 g/mol. The molecule has 154 valence electrons. The summed E-state index contributed by atoms with van der Waals surface area (Å²) in [4.78, 5) is 9.32. The summed E-state index contributed by atoms with van der Waals surface area (Å²) in [5.41, 5.74) is 3.76. The molecule has 1 aromatic carbocycles. The van der Waals surface area contributed by atoms with E-state index in [2.05, 4.69) is 40.0 Å². The van der Waals surface area contributed by atoms with E-state index in [1.807, 2.05) is 13.8 Å². The summed E-state index contributed by atoms with van der Waals surface area (Å²) in [6.07, 6.45) is 2.21. The molecule has 1 fully saturated rings. The number of hydrogen-bond acceptors (Lipinski definition) is 4. The fourth-order valence-corrected chi connectivity index (χ4v) is 4.17. The third-order valence-electron chi connectivity index (χ3n) is 6.23. The molecule has 28 heavy (non-hydrogen) atoms. The zero-order chi connectivity index (χ0) is 20.1. The highest BCUT2D eigenvalue weighted by Gasteiger charge is 2.23. The minimum Gasteiger partial charge on any atom is -0.369 e. The van der Waals surface area contributed by atoms with Gasteiger partial charge in [-0.1, -0.05) is 13.8 Å². The lowest BCUT2D eigenvalue weighted by atomic mass is 9.95. The molecule has 1 aliphatic rings. The second kappa shape index (κ2) is 9.66. The van der Waals surface area contributed by atoms with Gasteiger partial charge in [-0.2, -0.15) is 0 Å². The third-order valence-corrected chi connectivity index (χ3v) is 6.23. The van der Waals surface area contributed by atoms with Crippen LogP contribution in [-0.2, 0) is 0 Å². The van der Waals surface area contributed by atoms with Gasteiger partial charge in [0.15, 0.2) is 0 Å². The number of fused-ring (bicyclic) bond motifs is 1. The number of halogens is 1. The highest BCUT2D eigenvalue weighted by Crippen LogP contribution is 2.33. The normalized spacial score (nSPS) is 15.7. The summed E-state index contributed by atoms with van der Waals surface area (Å²) in [6.45, 7) is 15.7.